The third-order valence-electron chi connectivity index (χ3n) is 2.93. The van der Waals surface area contributed by atoms with Crippen LogP contribution in [-0.2, 0) is 0 Å². The van der Waals surface area contributed by atoms with E-state index in [1.54, 1.807) is 0 Å². The van der Waals surface area contributed by atoms with Crippen LogP contribution in [0.25, 0.3) is 0 Å². The molecule has 0 fully saturated rings. The molecule has 0 saturated carbocycles. The van der Waals surface area contributed by atoms with Gasteiger partial charge in [0, 0.05) is 0 Å². The summed E-state index contributed by atoms with van der Waals surface area (Å²) in [5.41, 5.74) is 0. The van der Waals surface area contributed by atoms with E-state index in [1.807, 2.05) is 0 Å². The van der Waals surface area contributed by atoms with Crippen molar-refractivity contribution in [2.24, 2.45) is 0 Å². The highest BCUT2D eigenvalue weighted by molar-refractivity contribution is 6.78. The molecule has 0 bridgehead atoms. The normalized spacial score (nSPS) is 15.4. The number of rotatable bonds is 7. The van der Waals surface area contributed by atoms with Crippen LogP contribution in [0, 0.1) is 0 Å². The zero-order valence-corrected chi connectivity index (χ0v) is 15.3. The van der Waals surface area contributed by atoms with E-state index < -0.39 is 18.1 Å². The van der Waals surface area contributed by atoms with Crippen LogP contribution in [0.15, 0.2) is 0 Å². The molecule has 0 amide bonds. The Balaban J connectivity index is 4.45. The summed E-state index contributed by atoms with van der Waals surface area (Å²) in [4.78, 5) is 0. The predicted molar refractivity (Wildman–Crippen MR) is 78.9 cm³/mol. The van der Waals surface area contributed by atoms with Gasteiger partial charge in [-0.1, -0.05) is 26.9 Å². The van der Waals surface area contributed by atoms with E-state index in [9.17, 15) is 0 Å². The average molecular weight is 264 g/mol. The molecule has 92 valence electrons. The second-order valence-electron chi connectivity index (χ2n) is 4.68. The Morgan fingerprint density at radius 3 is 1.73 bits per heavy atom. The van der Waals surface area contributed by atoms with Crippen molar-refractivity contribution in [2.45, 2.75) is 33.5 Å². The van der Waals surface area contributed by atoms with Crippen LogP contribution in [0.5, 0.6) is 0 Å². The summed E-state index contributed by atoms with van der Waals surface area (Å²) < 4.78 is 8.08. The first-order valence-corrected chi connectivity index (χ1v) is 12.4. The molecule has 6 heteroatoms. The highest BCUT2D eigenvalue weighted by atomic mass is 28.4. The quantitative estimate of drug-likeness (QED) is 0.600. The van der Waals surface area contributed by atoms with Crippen molar-refractivity contribution in [1.82, 2.24) is 13.0 Å². The van der Waals surface area contributed by atoms with Crippen LogP contribution in [-0.4, -0.2) is 68.1 Å². The lowest BCUT2D eigenvalue weighted by atomic mass is 10.7. The van der Waals surface area contributed by atoms with Crippen molar-refractivity contribution in [3.8, 4) is 0 Å². The third-order valence-corrected chi connectivity index (χ3v) is 15.7. The third kappa shape index (κ3) is 5.41. The van der Waals surface area contributed by atoms with E-state index in [-0.39, 0.29) is 9.84 Å². The van der Waals surface area contributed by atoms with Gasteiger partial charge in [-0.15, -0.1) is 0 Å². The Kier molecular flexibility index (Phi) is 8.02. The van der Waals surface area contributed by atoms with Gasteiger partial charge in [0.1, 0.15) is 0 Å². The summed E-state index contributed by atoms with van der Waals surface area (Å²) in [7, 11) is 2.92. The lowest BCUT2D eigenvalue weighted by Gasteiger charge is -2.39. The van der Waals surface area contributed by atoms with E-state index in [4.69, 9.17) is 0 Å². The van der Waals surface area contributed by atoms with Crippen LogP contribution in [0.2, 0.25) is 19.6 Å². The zero-order valence-electron chi connectivity index (χ0n) is 11.6. The molecule has 0 saturated heterocycles. The lowest BCUT2D eigenvalue weighted by Crippen LogP contribution is -2.59. The van der Waals surface area contributed by atoms with Crippen molar-refractivity contribution in [3.63, 3.8) is 0 Å². The summed E-state index contributed by atoms with van der Waals surface area (Å²) in [5, 5.41) is 0. The van der Waals surface area contributed by atoms with Crippen LogP contribution < -0.4 is 0 Å². The minimum atomic E-state index is -0.798. The molecule has 0 aromatic heterocycles. The topological polar surface area (TPSA) is 9.72 Å². The van der Waals surface area contributed by atoms with Gasteiger partial charge in [-0.2, -0.15) is 0 Å². The van der Waals surface area contributed by atoms with Crippen LogP contribution >= 0.6 is 0 Å². The monoisotopic (exact) mass is 263 g/mol. The van der Waals surface area contributed by atoms with Gasteiger partial charge in [-0.05, 0) is 33.7 Å². The first kappa shape index (κ1) is 15.5. The molecule has 0 heterocycles. The molecule has 0 radical (unpaired) electrons. The smallest absolute Gasteiger partial charge is 0.173 e. The van der Waals surface area contributed by atoms with E-state index in [0.29, 0.717) is 0 Å². The first-order chi connectivity index (χ1) is 6.93. The fourth-order valence-corrected chi connectivity index (χ4v) is 13.1. The zero-order chi connectivity index (χ0) is 12.0. The molecule has 0 spiro atoms. The Morgan fingerprint density at radius 2 is 1.47 bits per heavy atom. The van der Waals surface area contributed by atoms with Gasteiger partial charge in [0.15, 0.2) is 19.0 Å². The molecular weight excluding hydrogens is 234 g/mol. The Hall–Kier alpha value is 0.531. The maximum absolute atomic E-state index is 2.94. The van der Waals surface area contributed by atoms with E-state index in [2.05, 4.69) is 60.6 Å². The van der Waals surface area contributed by atoms with Gasteiger partial charge < -0.3 is 13.0 Å². The minimum absolute atomic E-state index is 0.148. The number of hydrogen-bond donors (Lipinski definition) is 0. The van der Waals surface area contributed by atoms with Crippen molar-refractivity contribution < 1.29 is 0 Å². The van der Waals surface area contributed by atoms with E-state index in [0.717, 1.165) is 0 Å². The Morgan fingerprint density at radius 1 is 1.00 bits per heavy atom. The van der Waals surface area contributed by atoms with E-state index in [1.165, 1.54) is 13.1 Å². The lowest BCUT2D eigenvalue weighted by molar-refractivity contribution is 0.460. The largest absolute Gasteiger partial charge is 0.354 e. The Labute approximate surface area is 102 Å². The van der Waals surface area contributed by atoms with Gasteiger partial charge in [0.2, 0.25) is 0 Å². The number of hydrogen-bond acceptors (Lipinski definition) is 3. The van der Waals surface area contributed by atoms with Gasteiger partial charge >= 0.3 is 0 Å². The molecular formula is C9H29N3Si3. The second kappa shape index (κ2) is 7.75. The minimum Gasteiger partial charge on any atom is -0.354 e. The molecule has 0 aliphatic heterocycles. The fraction of sp³-hybridized carbons (Fsp3) is 1.00. The molecule has 0 N–H and O–H groups in total. The van der Waals surface area contributed by atoms with Gasteiger partial charge in [-0.25, -0.2) is 0 Å². The molecule has 1 atom stereocenters. The highest BCUT2D eigenvalue weighted by Crippen LogP contribution is 2.04. The van der Waals surface area contributed by atoms with Crippen LogP contribution in [0.1, 0.15) is 13.8 Å². The van der Waals surface area contributed by atoms with Crippen LogP contribution in [0.4, 0.5) is 0 Å². The average Bonchev–Trinajstić information content (AvgIpc) is 2.15. The summed E-state index contributed by atoms with van der Waals surface area (Å²) in [6.07, 6.45) is 0. The maximum Gasteiger partial charge on any atom is 0.173 e. The molecule has 3 nitrogen and oxygen atoms in total. The molecule has 1 unspecified atom stereocenters. The second-order valence-corrected chi connectivity index (χ2v) is 14.5. The molecule has 0 aromatic carbocycles. The van der Waals surface area contributed by atoms with Crippen molar-refractivity contribution in [2.75, 3.05) is 27.2 Å². The van der Waals surface area contributed by atoms with E-state index >= 15 is 0 Å². The molecule has 0 rings (SSSR count). The molecule has 0 aliphatic carbocycles. The maximum atomic E-state index is 2.94. The summed E-state index contributed by atoms with van der Waals surface area (Å²) in [5.74, 6) is 0. The van der Waals surface area contributed by atoms with Gasteiger partial charge in [0.25, 0.3) is 0 Å². The van der Waals surface area contributed by atoms with Crippen molar-refractivity contribution in [1.29, 1.82) is 0 Å². The van der Waals surface area contributed by atoms with Crippen molar-refractivity contribution in [3.05, 3.63) is 0 Å². The summed E-state index contributed by atoms with van der Waals surface area (Å²) >= 11 is 0. The van der Waals surface area contributed by atoms with Crippen molar-refractivity contribution >= 4 is 27.9 Å². The first-order valence-electron chi connectivity index (χ1n) is 6.08. The summed E-state index contributed by atoms with van der Waals surface area (Å²) in [6.45, 7) is 14.5. The molecule has 0 aliphatic rings. The fourth-order valence-electron chi connectivity index (χ4n) is 2.00. The van der Waals surface area contributed by atoms with Gasteiger partial charge in [-0.3, -0.25) is 0 Å². The number of nitrogens with zero attached hydrogens (tertiary/aromatic N) is 3. The Bertz CT molecular complexity index is 163. The van der Waals surface area contributed by atoms with Gasteiger partial charge in [0.05, 0.1) is 8.96 Å². The highest BCUT2D eigenvalue weighted by Gasteiger charge is 2.23. The predicted octanol–water partition coefficient (Wildman–Crippen LogP) is 0.0243. The molecule has 15 heavy (non-hydrogen) atoms. The standard InChI is InChI=1S/C9H29N3Si3/c1-8-11(9-2)15(7)12(14(5)6)13-10(3)4/h14-15H,8-9,13H2,1-7H3. The SMILES string of the molecule is CCN(CC)[SiH](C)N([SiH2]N(C)C)[SiH](C)C. The summed E-state index contributed by atoms with van der Waals surface area (Å²) in [6, 6.07) is 0. The van der Waals surface area contributed by atoms with Crippen LogP contribution in [0.3, 0.4) is 0 Å². The molecule has 0 aromatic rings.